The van der Waals surface area contributed by atoms with Gasteiger partial charge in [-0.15, -0.1) is 5.10 Å². The van der Waals surface area contributed by atoms with Crippen molar-refractivity contribution in [1.82, 2.24) is 19.9 Å². The first-order valence-corrected chi connectivity index (χ1v) is 9.98. The molecule has 1 aromatic heterocycles. The summed E-state index contributed by atoms with van der Waals surface area (Å²) >= 11 is 6.08. The molecule has 7 heteroatoms. The van der Waals surface area contributed by atoms with Gasteiger partial charge in [0.2, 0.25) is 0 Å². The first-order chi connectivity index (χ1) is 14.2. The van der Waals surface area contributed by atoms with Gasteiger partial charge >= 0.3 is 0 Å². The van der Waals surface area contributed by atoms with Crippen molar-refractivity contribution >= 4 is 29.3 Å². The highest BCUT2D eigenvalue weighted by atomic mass is 35.5. The molecule has 29 heavy (non-hydrogen) atoms. The minimum Gasteiger partial charge on any atom is -0.368 e. The number of carbonyl (C=O) groups excluding carboxylic acids is 1. The van der Waals surface area contributed by atoms with Crippen LogP contribution in [0.1, 0.15) is 16.1 Å². The van der Waals surface area contributed by atoms with Crippen LogP contribution in [-0.4, -0.2) is 52.0 Å². The molecule has 1 fully saturated rings. The number of piperazine rings is 1. The maximum absolute atomic E-state index is 12.8. The van der Waals surface area contributed by atoms with E-state index in [1.165, 1.54) is 0 Å². The van der Waals surface area contributed by atoms with Crippen molar-refractivity contribution < 1.29 is 4.79 Å². The third-order valence-corrected chi connectivity index (χ3v) is 5.14. The van der Waals surface area contributed by atoms with Gasteiger partial charge in [-0.1, -0.05) is 65.4 Å². The summed E-state index contributed by atoms with van der Waals surface area (Å²) < 4.78 is 1.68. The van der Waals surface area contributed by atoms with Crippen LogP contribution in [0.4, 0.5) is 5.69 Å². The standard InChI is InChI=1S/C22H22ClN5O/c23-19-9-4-10-20(16-19)26-12-14-27(15-13-26)22(29)21-17-28(25-24-21)11-5-8-18-6-2-1-3-7-18/h1-10,16-17H,11-15H2. The second-order valence-corrected chi connectivity index (χ2v) is 7.33. The predicted molar refractivity (Wildman–Crippen MR) is 115 cm³/mol. The molecular formula is C22H22ClN5O. The Hall–Kier alpha value is -3.12. The number of nitrogens with zero attached hydrogens (tertiary/aromatic N) is 5. The number of rotatable bonds is 5. The van der Waals surface area contributed by atoms with E-state index in [0.29, 0.717) is 25.3 Å². The molecule has 0 N–H and O–H groups in total. The van der Waals surface area contributed by atoms with Crippen molar-refractivity contribution in [2.24, 2.45) is 0 Å². The summed E-state index contributed by atoms with van der Waals surface area (Å²) in [4.78, 5) is 16.8. The van der Waals surface area contributed by atoms with Gasteiger partial charge in [-0.2, -0.15) is 0 Å². The first-order valence-electron chi connectivity index (χ1n) is 9.60. The molecule has 0 bridgehead atoms. The van der Waals surface area contributed by atoms with Gasteiger partial charge < -0.3 is 9.80 Å². The number of aromatic nitrogens is 3. The van der Waals surface area contributed by atoms with Gasteiger partial charge in [-0.25, -0.2) is 4.68 Å². The molecular weight excluding hydrogens is 386 g/mol. The summed E-state index contributed by atoms with van der Waals surface area (Å²) in [5.41, 5.74) is 2.59. The second kappa shape index (κ2) is 8.92. The molecule has 1 aliphatic heterocycles. The van der Waals surface area contributed by atoms with Crippen molar-refractivity contribution in [3.8, 4) is 0 Å². The molecule has 4 rings (SSSR count). The van der Waals surface area contributed by atoms with E-state index in [1.807, 2.05) is 71.6 Å². The zero-order chi connectivity index (χ0) is 20.1. The Morgan fingerprint density at radius 2 is 1.83 bits per heavy atom. The monoisotopic (exact) mass is 407 g/mol. The molecule has 0 spiro atoms. The molecule has 6 nitrogen and oxygen atoms in total. The van der Waals surface area contributed by atoms with Crippen LogP contribution in [0, 0.1) is 0 Å². The Bertz CT molecular complexity index is 993. The van der Waals surface area contributed by atoms with Gasteiger partial charge in [0.1, 0.15) is 0 Å². The lowest BCUT2D eigenvalue weighted by molar-refractivity contribution is 0.0740. The largest absolute Gasteiger partial charge is 0.368 e. The van der Waals surface area contributed by atoms with Gasteiger partial charge in [-0.3, -0.25) is 4.79 Å². The average Bonchev–Trinajstić information content (AvgIpc) is 3.23. The molecule has 1 saturated heterocycles. The summed E-state index contributed by atoms with van der Waals surface area (Å²) in [5.74, 6) is -0.0750. The van der Waals surface area contributed by atoms with Crippen LogP contribution >= 0.6 is 11.6 Å². The molecule has 0 saturated carbocycles. The van der Waals surface area contributed by atoms with Crippen LogP contribution in [0.2, 0.25) is 5.02 Å². The lowest BCUT2D eigenvalue weighted by atomic mass is 10.2. The Balaban J connectivity index is 1.32. The smallest absolute Gasteiger partial charge is 0.276 e. The lowest BCUT2D eigenvalue weighted by Gasteiger charge is -2.35. The van der Waals surface area contributed by atoms with Crippen LogP contribution in [0.25, 0.3) is 6.08 Å². The van der Waals surface area contributed by atoms with Crippen LogP contribution in [0.5, 0.6) is 0 Å². The molecule has 3 aromatic rings. The summed E-state index contributed by atoms with van der Waals surface area (Å²) in [5, 5.41) is 8.86. The van der Waals surface area contributed by atoms with E-state index >= 15 is 0 Å². The van der Waals surface area contributed by atoms with E-state index in [4.69, 9.17) is 11.6 Å². The molecule has 0 radical (unpaired) electrons. The predicted octanol–water partition coefficient (Wildman–Crippen LogP) is 3.61. The Morgan fingerprint density at radius 1 is 1.03 bits per heavy atom. The topological polar surface area (TPSA) is 54.3 Å². The molecule has 2 heterocycles. The van der Waals surface area contributed by atoms with Crippen molar-refractivity contribution in [2.75, 3.05) is 31.1 Å². The number of amides is 1. The van der Waals surface area contributed by atoms with Gasteiger partial charge in [0.15, 0.2) is 5.69 Å². The van der Waals surface area contributed by atoms with Crippen LogP contribution in [-0.2, 0) is 6.54 Å². The zero-order valence-corrected chi connectivity index (χ0v) is 16.7. The normalized spacial score (nSPS) is 14.5. The van der Waals surface area contributed by atoms with Gasteiger partial charge in [0, 0.05) is 36.9 Å². The van der Waals surface area contributed by atoms with Crippen molar-refractivity contribution in [3.63, 3.8) is 0 Å². The molecule has 148 valence electrons. The number of halogens is 1. The quantitative estimate of drug-likeness (QED) is 0.648. The van der Waals surface area contributed by atoms with E-state index < -0.39 is 0 Å². The van der Waals surface area contributed by atoms with Gasteiger partial charge in [0.05, 0.1) is 12.7 Å². The average molecular weight is 408 g/mol. The maximum atomic E-state index is 12.8. The minimum atomic E-state index is -0.0750. The highest BCUT2D eigenvalue weighted by Crippen LogP contribution is 2.21. The molecule has 1 aliphatic rings. The highest BCUT2D eigenvalue weighted by molar-refractivity contribution is 6.30. The Morgan fingerprint density at radius 3 is 2.59 bits per heavy atom. The van der Waals surface area contributed by atoms with E-state index in [1.54, 1.807) is 10.9 Å². The van der Waals surface area contributed by atoms with Crippen molar-refractivity contribution in [1.29, 1.82) is 0 Å². The number of anilines is 1. The number of hydrogen-bond donors (Lipinski definition) is 0. The fourth-order valence-electron chi connectivity index (χ4n) is 3.35. The lowest BCUT2D eigenvalue weighted by Crippen LogP contribution is -2.48. The Labute approximate surface area is 175 Å². The molecule has 0 aliphatic carbocycles. The van der Waals surface area contributed by atoms with Crippen LogP contribution in [0.3, 0.4) is 0 Å². The third kappa shape index (κ3) is 4.84. The van der Waals surface area contributed by atoms with E-state index in [2.05, 4.69) is 15.2 Å². The summed E-state index contributed by atoms with van der Waals surface area (Å²) in [7, 11) is 0. The minimum absolute atomic E-state index is 0.0750. The first kappa shape index (κ1) is 19.2. The van der Waals surface area contributed by atoms with Crippen molar-refractivity contribution in [3.05, 3.63) is 83.2 Å². The fraction of sp³-hybridized carbons (Fsp3) is 0.227. The third-order valence-electron chi connectivity index (χ3n) is 4.90. The maximum Gasteiger partial charge on any atom is 0.276 e. The summed E-state index contributed by atoms with van der Waals surface area (Å²) in [6, 6.07) is 17.9. The second-order valence-electron chi connectivity index (χ2n) is 6.90. The molecule has 0 unspecified atom stereocenters. The number of hydrogen-bond acceptors (Lipinski definition) is 4. The molecule has 1 amide bonds. The SMILES string of the molecule is O=C(c1cn(CC=Cc2ccccc2)nn1)N1CCN(c2cccc(Cl)c2)CC1. The van der Waals surface area contributed by atoms with Gasteiger partial charge in [0.25, 0.3) is 5.91 Å². The van der Waals surface area contributed by atoms with Crippen molar-refractivity contribution in [2.45, 2.75) is 6.54 Å². The van der Waals surface area contributed by atoms with E-state index in [-0.39, 0.29) is 5.91 Å². The van der Waals surface area contributed by atoms with Crippen LogP contribution in [0.15, 0.2) is 66.9 Å². The van der Waals surface area contributed by atoms with Gasteiger partial charge in [-0.05, 0) is 23.8 Å². The Kier molecular flexibility index (Phi) is 5.91. The molecule has 2 aromatic carbocycles. The fourth-order valence-corrected chi connectivity index (χ4v) is 3.53. The zero-order valence-electron chi connectivity index (χ0n) is 16.0. The van der Waals surface area contributed by atoms with E-state index in [0.717, 1.165) is 29.4 Å². The summed E-state index contributed by atoms with van der Waals surface area (Å²) in [6.07, 6.45) is 5.74. The van der Waals surface area contributed by atoms with E-state index in [9.17, 15) is 4.79 Å². The number of carbonyl (C=O) groups is 1. The number of allylic oxidation sites excluding steroid dienone is 1. The number of benzene rings is 2. The highest BCUT2D eigenvalue weighted by Gasteiger charge is 2.24. The molecule has 0 atom stereocenters. The summed E-state index contributed by atoms with van der Waals surface area (Å²) in [6.45, 7) is 3.38. The van der Waals surface area contributed by atoms with Crippen LogP contribution < -0.4 is 4.90 Å².